The van der Waals surface area contributed by atoms with Crippen LogP contribution in [0.25, 0.3) is 0 Å². The summed E-state index contributed by atoms with van der Waals surface area (Å²) in [7, 11) is 0. The van der Waals surface area contributed by atoms with Gasteiger partial charge in [0.25, 0.3) is 0 Å². The van der Waals surface area contributed by atoms with Crippen molar-refractivity contribution >= 4 is 40.3 Å². The first-order chi connectivity index (χ1) is 10.5. The molecule has 4 nitrogen and oxygen atoms in total. The lowest BCUT2D eigenvalue weighted by atomic mass is 10.1. The van der Waals surface area contributed by atoms with Crippen LogP contribution in [0, 0.1) is 5.92 Å². The minimum absolute atomic E-state index is 0.178. The average Bonchev–Trinajstić information content (AvgIpc) is 2.48. The highest BCUT2D eigenvalue weighted by Crippen LogP contribution is 2.05. The number of nitrogens with one attached hydrogen (secondary N) is 2. The summed E-state index contributed by atoms with van der Waals surface area (Å²) in [4.78, 5) is 12.3. The van der Waals surface area contributed by atoms with Gasteiger partial charge in [-0.25, -0.2) is 0 Å². The molecule has 0 bridgehead atoms. The van der Waals surface area contributed by atoms with Crippen LogP contribution in [0.5, 0.6) is 0 Å². The molecule has 1 unspecified atom stereocenters. The Morgan fingerprint density at radius 3 is 2.41 bits per heavy atom. The molecule has 0 fully saturated rings. The zero-order valence-electron chi connectivity index (χ0n) is 14.0. The highest BCUT2D eigenvalue weighted by Gasteiger charge is 2.05. The number of nitrogens with two attached hydrogens (primary N) is 1. The van der Waals surface area contributed by atoms with Gasteiger partial charge in [-0.2, -0.15) is 0 Å². The predicted octanol–water partition coefficient (Wildman–Crippen LogP) is 3.08. The minimum atomic E-state index is 0.178. The van der Waals surface area contributed by atoms with Crippen molar-refractivity contribution < 1.29 is 4.79 Å². The van der Waals surface area contributed by atoms with Crippen LogP contribution in [0.1, 0.15) is 65.2 Å². The molecule has 0 aliphatic carbocycles. The Morgan fingerprint density at radius 2 is 1.77 bits per heavy atom. The number of unbranched alkanes of at least 4 members (excludes halogenated alkanes) is 4. The smallest absolute Gasteiger partial charge is 0.219 e. The van der Waals surface area contributed by atoms with E-state index in [1.165, 1.54) is 19.3 Å². The van der Waals surface area contributed by atoms with Gasteiger partial charge < -0.3 is 16.4 Å². The second kappa shape index (κ2) is 13.9. The first-order valence-corrected chi connectivity index (χ1v) is 9.13. The molecule has 0 aliphatic heterocycles. The molecule has 22 heavy (non-hydrogen) atoms. The van der Waals surface area contributed by atoms with E-state index in [0.29, 0.717) is 17.3 Å². The second-order valence-corrected chi connectivity index (χ2v) is 6.68. The molecule has 0 aromatic rings. The topological polar surface area (TPSA) is 67.2 Å². The van der Waals surface area contributed by atoms with Crippen LogP contribution in [0.15, 0.2) is 0 Å². The fourth-order valence-corrected chi connectivity index (χ4v) is 2.27. The summed E-state index contributed by atoms with van der Waals surface area (Å²) in [5.41, 5.74) is 5.42. The molecular weight excluding hydrogens is 314 g/mol. The van der Waals surface area contributed by atoms with E-state index in [9.17, 15) is 4.79 Å². The second-order valence-electron chi connectivity index (χ2n) is 5.84. The Bertz CT molecular complexity index is 348. The number of hydrogen-bond acceptors (Lipinski definition) is 3. The van der Waals surface area contributed by atoms with Gasteiger partial charge in [0, 0.05) is 19.5 Å². The van der Waals surface area contributed by atoms with Crippen LogP contribution in [-0.4, -0.2) is 29.0 Å². The summed E-state index contributed by atoms with van der Waals surface area (Å²) in [6.07, 6.45) is 8.57. The standard InChI is InChI=1S/C16H31N3OS2/c1-3-4-5-6-7-10-14(20)18-11-8-9-13(2)12-19-16(22)15(17)21/h13H,3-12H2,1-2H3,(H2,17,21)(H,18,20)(H,19,22). The molecule has 1 atom stereocenters. The molecule has 1 amide bonds. The summed E-state index contributed by atoms with van der Waals surface area (Å²) in [5, 5.41) is 6.04. The van der Waals surface area contributed by atoms with E-state index in [1.807, 2.05) is 0 Å². The van der Waals surface area contributed by atoms with Crippen molar-refractivity contribution in [2.75, 3.05) is 13.1 Å². The lowest BCUT2D eigenvalue weighted by Crippen LogP contribution is -2.35. The van der Waals surface area contributed by atoms with E-state index in [-0.39, 0.29) is 10.9 Å². The first kappa shape index (κ1) is 21.2. The van der Waals surface area contributed by atoms with Crippen molar-refractivity contribution in [2.24, 2.45) is 11.7 Å². The molecule has 128 valence electrons. The lowest BCUT2D eigenvalue weighted by Gasteiger charge is -2.13. The highest BCUT2D eigenvalue weighted by molar-refractivity contribution is 7.89. The fourth-order valence-electron chi connectivity index (χ4n) is 2.11. The predicted molar refractivity (Wildman–Crippen MR) is 102 cm³/mol. The van der Waals surface area contributed by atoms with E-state index >= 15 is 0 Å². The Hall–Kier alpha value is -0.750. The molecular formula is C16H31N3OS2. The Labute approximate surface area is 146 Å². The third-order valence-electron chi connectivity index (χ3n) is 3.54. The SMILES string of the molecule is CCCCCCCC(=O)NCCCC(C)CNC(=S)C(N)=S. The molecule has 0 aliphatic rings. The molecule has 0 saturated carbocycles. The first-order valence-electron chi connectivity index (χ1n) is 8.31. The molecule has 0 aromatic heterocycles. The monoisotopic (exact) mass is 345 g/mol. The van der Waals surface area contributed by atoms with Gasteiger partial charge >= 0.3 is 0 Å². The Kier molecular flexibility index (Phi) is 13.4. The third-order valence-corrected chi connectivity index (χ3v) is 4.24. The van der Waals surface area contributed by atoms with Crippen LogP contribution >= 0.6 is 24.4 Å². The van der Waals surface area contributed by atoms with Crippen LogP contribution in [0.4, 0.5) is 0 Å². The number of carbonyl (C=O) groups excluding carboxylic acids is 1. The number of rotatable bonds is 12. The quantitative estimate of drug-likeness (QED) is 0.375. The average molecular weight is 346 g/mol. The van der Waals surface area contributed by atoms with E-state index in [4.69, 9.17) is 30.2 Å². The summed E-state index contributed by atoms with van der Waals surface area (Å²) in [6.45, 7) is 5.85. The maximum absolute atomic E-state index is 11.6. The lowest BCUT2D eigenvalue weighted by molar-refractivity contribution is -0.121. The van der Waals surface area contributed by atoms with E-state index in [1.54, 1.807) is 0 Å². The van der Waals surface area contributed by atoms with Gasteiger partial charge in [-0.1, -0.05) is 64.0 Å². The summed E-state index contributed by atoms with van der Waals surface area (Å²) < 4.78 is 0. The van der Waals surface area contributed by atoms with E-state index < -0.39 is 0 Å². The normalized spacial score (nSPS) is 11.7. The number of hydrogen-bond donors (Lipinski definition) is 3. The maximum Gasteiger partial charge on any atom is 0.219 e. The van der Waals surface area contributed by atoms with E-state index in [0.717, 1.165) is 38.8 Å². The molecule has 0 heterocycles. The third kappa shape index (κ3) is 13.0. The van der Waals surface area contributed by atoms with Crippen molar-refractivity contribution in [3.05, 3.63) is 0 Å². The summed E-state index contributed by atoms with van der Waals surface area (Å²) in [5.74, 6) is 0.648. The van der Waals surface area contributed by atoms with Gasteiger partial charge in [-0.15, -0.1) is 0 Å². The molecule has 0 aromatic carbocycles. The zero-order valence-corrected chi connectivity index (χ0v) is 15.6. The van der Waals surface area contributed by atoms with Crippen LogP contribution < -0.4 is 16.4 Å². The molecule has 0 spiro atoms. The van der Waals surface area contributed by atoms with Gasteiger partial charge in [0.1, 0.15) is 9.98 Å². The van der Waals surface area contributed by atoms with Crippen LogP contribution in [-0.2, 0) is 4.79 Å². The van der Waals surface area contributed by atoms with Crippen LogP contribution in [0.3, 0.4) is 0 Å². The highest BCUT2D eigenvalue weighted by atomic mass is 32.1. The number of amides is 1. The Morgan fingerprint density at radius 1 is 1.09 bits per heavy atom. The largest absolute Gasteiger partial charge is 0.388 e. The molecule has 0 radical (unpaired) electrons. The minimum Gasteiger partial charge on any atom is -0.388 e. The van der Waals surface area contributed by atoms with Gasteiger partial charge in [-0.05, 0) is 25.2 Å². The summed E-state index contributed by atoms with van der Waals surface area (Å²) in [6, 6.07) is 0. The van der Waals surface area contributed by atoms with Crippen molar-refractivity contribution in [3.8, 4) is 0 Å². The van der Waals surface area contributed by atoms with Gasteiger partial charge in [0.05, 0.1) is 0 Å². The van der Waals surface area contributed by atoms with Crippen molar-refractivity contribution in [3.63, 3.8) is 0 Å². The molecule has 0 saturated heterocycles. The zero-order chi connectivity index (χ0) is 16.8. The molecule has 4 N–H and O–H groups in total. The fraction of sp³-hybridized carbons (Fsp3) is 0.812. The van der Waals surface area contributed by atoms with E-state index in [2.05, 4.69) is 24.5 Å². The van der Waals surface area contributed by atoms with Crippen LogP contribution in [0.2, 0.25) is 0 Å². The van der Waals surface area contributed by atoms with Crippen molar-refractivity contribution in [1.82, 2.24) is 10.6 Å². The Balaban J connectivity index is 3.48. The van der Waals surface area contributed by atoms with Gasteiger partial charge in [0.2, 0.25) is 5.91 Å². The molecule has 6 heteroatoms. The van der Waals surface area contributed by atoms with Crippen molar-refractivity contribution in [2.45, 2.75) is 65.2 Å². The van der Waals surface area contributed by atoms with Gasteiger partial charge in [0.15, 0.2) is 0 Å². The number of thiocarbonyl (C=S) groups is 2. The molecule has 0 rings (SSSR count). The maximum atomic E-state index is 11.6. The van der Waals surface area contributed by atoms with Gasteiger partial charge in [-0.3, -0.25) is 4.79 Å². The number of carbonyl (C=O) groups is 1. The summed E-state index contributed by atoms with van der Waals surface area (Å²) >= 11 is 9.79. The van der Waals surface area contributed by atoms with Crippen molar-refractivity contribution in [1.29, 1.82) is 0 Å².